The van der Waals surface area contributed by atoms with Gasteiger partial charge in [0.25, 0.3) is 11.5 Å². The molecule has 0 bridgehead atoms. The highest BCUT2D eigenvalue weighted by Crippen LogP contribution is 2.28. The van der Waals surface area contributed by atoms with Crippen LogP contribution in [0.4, 0.5) is 0 Å². The van der Waals surface area contributed by atoms with E-state index in [2.05, 4.69) is 10.3 Å². The molecular formula is C18H17N3O2S. The number of aromatic nitrogens is 2. The second-order valence-corrected chi connectivity index (χ2v) is 7.09. The topological polar surface area (TPSA) is 63.5 Å². The van der Waals surface area contributed by atoms with Crippen LogP contribution in [0.2, 0.25) is 0 Å². The molecule has 1 N–H and O–H groups in total. The minimum Gasteiger partial charge on any atom is -0.345 e. The van der Waals surface area contributed by atoms with Crippen LogP contribution in [0.15, 0.2) is 41.3 Å². The molecular weight excluding hydrogens is 322 g/mol. The summed E-state index contributed by atoms with van der Waals surface area (Å²) in [6.45, 7) is 1.90. The number of nitrogens with one attached hydrogen (secondary N) is 1. The molecule has 3 aromatic rings. The maximum Gasteiger partial charge on any atom is 0.271 e. The van der Waals surface area contributed by atoms with Gasteiger partial charge in [-0.1, -0.05) is 30.3 Å². The van der Waals surface area contributed by atoms with E-state index in [4.69, 9.17) is 0 Å². The number of benzene rings is 1. The Morgan fingerprint density at radius 3 is 2.88 bits per heavy atom. The lowest BCUT2D eigenvalue weighted by molar-refractivity contribution is 0.0938. The second kappa shape index (κ2) is 5.87. The predicted molar refractivity (Wildman–Crippen MR) is 93.7 cm³/mol. The number of carbonyl (C=O) groups is 1. The Balaban J connectivity index is 1.68. The molecule has 5 nitrogen and oxygen atoms in total. The third kappa shape index (κ3) is 2.43. The zero-order chi connectivity index (χ0) is 16.7. The third-order valence-corrected chi connectivity index (χ3v) is 5.60. The first-order valence-corrected chi connectivity index (χ1v) is 8.85. The summed E-state index contributed by atoms with van der Waals surface area (Å²) < 4.78 is 1.62. The number of carbonyl (C=O) groups excluding carboxylic acids is 1. The van der Waals surface area contributed by atoms with Gasteiger partial charge in [0.1, 0.15) is 5.56 Å². The quantitative estimate of drug-likeness (QED) is 0.798. The Morgan fingerprint density at radius 2 is 2.08 bits per heavy atom. The molecule has 0 saturated heterocycles. The maximum absolute atomic E-state index is 12.8. The molecule has 122 valence electrons. The van der Waals surface area contributed by atoms with E-state index in [0.717, 1.165) is 30.5 Å². The molecule has 1 atom stereocenters. The molecule has 1 aromatic carbocycles. The standard InChI is InChI=1S/C18H17N3O2S/c1-11(12-6-3-2-4-7-12)20-16(22)13-10-19-18-21(17(13)23)14-8-5-9-15(14)24-18/h2-4,6-7,10-11H,5,8-9H2,1H3,(H,20,22)/t11-/m1/s1. The first-order valence-electron chi connectivity index (χ1n) is 8.03. The lowest BCUT2D eigenvalue weighted by Gasteiger charge is -2.14. The summed E-state index contributed by atoms with van der Waals surface area (Å²) in [5.41, 5.74) is 1.86. The fraction of sp³-hybridized carbons (Fsp3) is 0.278. The molecule has 0 aliphatic heterocycles. The van der Waals surface area contributed by atoms with Crippen molar-refractivity contribution in [2.75, 3.05) is 0 Å². The van der Waals surface area contributed by atoms with Crippen LogP contribution in [-0.4, -0.2) is 15.3 Å². The van der Waals surface area contributed by atoms with Crippen LogP contribution in [0, 0.1) is 0 Å². The van der Waals surface area contributed by atoms with E-state index in [1.54, 1.807) is 15.7 Å². The van der Waals surface area contributed by atoms with Crippen LogP contribution >= 0.6 is 11.3 Å². The van der Waals surface area contributed by atoms with Crippen molar-refractivity contribution < 1.29 is 4.79 Å². The van der Waals surface area contributed by atoms with Crippen LogP contribution < -0.4 is 10.9 Å². The molecule has 0 spiro atoms. The van der Waals surface area contributed by atoms with Crippen molar-refractivity contribution in [2.45, 2.75) is 32.2 Å². The van der Waals surface area contributed by atoms with Crippen molar-refractivity contribution >= 4 is 22.2 Å². The second-order valence-electron chi connectivity index (χ2n) is 6.03. The first-order chi connectivity index (χ1) is 11.6. The molecule has 1 amide bonds. The van der Waals surface area contributed by atoms with E-state index >= 15 is 0 Å². The van der Waals surface area contributed by atoms with Gasteiger partial charge in [0.2, 0.25) is 0 Å². The van der Waals surface area contributed by atoms with Crippen molar-refractivity contribution in [2.24, 2.45) is 0 Å². The maximum atomic E-state index is 12.8. The Hall–Kier alpha value is -2.47. The van der Waals surface area contributed by atoms with Crippen molar-refractivity contribution in [3.63, 3.8) is 0 Å². The highest BCUT2D eigenvalue weighted by molar-refractivity contribution is 7.17. The molecule has 1 aliphatic rings. The fourth-order valence-corrected chi connectivity index (χ4v) is 4.33. The van der Waals surface area contributed by atoms with Gasteiger partial charge in [-0.25, -0.2) is 4.98 Å². The van der Waals surface area contributed by atoms with Crippen LogP contribution in [0.1, 0.15) is 45.9 Å². The summed E-state index contributed by atoms with van der Waals surface area (Å²) in [5, 5.41) is 2.89. The molecule has 24 heavy (non-hydrogen) atoms. The average molecular weight is 339 g/mol. The summed E-state index contributed by atoms with van der Waals surface area (Å²) in [6, 6.07) is 9.51. The number of hydrogen-bond donors (Lipinski definition) is 1. The van der Waals surface area contributed by atoms with E-state index in [1.165, 1.54) is 11.1 Å². The minimum absolute atomic E-state index is 0.0998. The van der Waals surface area contributed by atoms with Crippen molar-refractivity contribution in [1.29, 1.82) is 0 Å². The lowest BCUT2D eigenvalue weighted by Crippen LogP contribution is -2.33. The van der Waals surface area contributed by atoms with E-state index in [1.807, 2.05) is 37.3 Å². The van der Waals surface area contributed by atoms with Crippen molar-refractivity contribution in [1.82, 2.24) is 14.7 Å². The molecule has 6 heteroatoms. The van der Waals surface area contributed by atoms with Gasteiger partial charge in [-0.2, -0.15) is 0 Å². The zero-order valence-corrected chi connectivity index (χ0v) is 14.1. The van der Waals surface area contributed by atoms with E-state index < -0.39 is 0 Å². The lowest BCUT2D eigenvalue weighted by atomic mass is 10.1. The number of amides is 1. The van der Waals surface area contributed by atoms with Gasteiger partial charge in [0.05, 0.1) is 6.04 Å². The monoisotopic (exact) mass is 339 g/mol. The number of aryl methyl sites for hydroxylation is 2. The van der Waals surface area contributed by atoms with Gasteiger partial charge < -0.3 is 5.32 Å². The van der Waals surface area contributed by atoms with Crippen LogP contribution in [0.25, 0.3) is 4.96 Å². The van der Waals surface area contributed by atoms with Crippen LogP contribution in [0.5, 0.6) is 0 Å². The Kier molecular flexibility index (Phi) is 3.69. The number of hydrogen-bond acceptors (Lipinski definition) is 4. The van der Waals surface area contributed by atoms with Gasteiger partial charge in [-0.3, -0.25) is 14.0 Å². The molecule has 0 radical (unpaired) electrons. The van der Waals surface area contributed by atoms with E-state index in [9.17, 15) is 9.59 Å². The zero-order valence-electron chi connectivity index (χ0n) is 13.3. The number of thiazole rings is 1. The summed E-state index contributed by atoms with van der Waals surface area (Å²) >= 11 is 1.55. The summed E-state index contributed by atoms with van der Waals surface area (Å²) in [5.74, 6) is -0.379. The van der Waals surface area contributed by atoms with Gasteiger partial charge in [-0.05, 0) is 31.7 Å². The molecule has 4 rings (SSSR count). The van der Waals surface area contributed by atoms with E-state index in [-0.39, 0.29) is 23.1 Å². The summed E-state index contributed by atoms with van der Waals surface area (Å²) in [7, 11) is 0. The van der Waals surface area contributed by atoms with Crippen LogP contribution in [-0.2, 0) is 12.8 Å². The minimum atomic E-state index is -0.379. The van der Waals surface area contributed by atoms with Crippen LogP contribution in [0.3, 0.4) is 0 Å². The number of fused-ring (bicyclic) bond motifs is 3. The molecule has 1 aliphatic carbocycles. The Labute approximate surface area is 143 Å². The normalized spacial score (nSPS) is 14.5. The average Bonchev–Trinajstić information content (AvgIpc) is 3.16. The van der Waals surface area contributed by atoms with Crippen molar-refractivity contribution in [3.8, 4) is 0 Å². The molecule has 2 aromatic heterocycles. The van der Waals surface area contributed by atoms with E-state index in [0.29, 0.717) is 4.96 Å². The van der Waals surface area contributed by atoms with Crippen molar-refractivity contribution in [3.05, 3.63) is 68.6 Å². The number of rotatable bonds is 3. The largest absolute Gasteiger partial charge is 0.345 e. The Morgan fingerprint density at radius 1 is 1.29 bits per heavy atom. The molecule has 0 fully saturated rings. The predicted octanol–water partition coefficient (Wildman–Crippen LogP) is 2.74. The first kappa shape index (κ1) is 15.1. The van der Waals surface area contributed by atoms with Gasteiger partial charge in [0, 0.05) is 16.8 Å². The summed E-state index contributed by atoms with van der Waals surface area (Å²) in [4.78, 5) is 31.6. The molecule has 2 heterocycles. The highest BCUT2D eigenvalue weighted by atomic mass is 32.1. The molecule has 0 saturated carbocycles. The third-order valence-electron chi connectivity index (χ3n) is 4.44. The molecule has 0 unspecified atom stereocenters. The SMILES string of the molecule is C[C@@H](NC(=O)c1cnc2sc3c(n2c1=O)CCC3)c1ccccc1. The van der Waals surface area contributed by atoms with Gasteiger partial charge in [0.15, 0.2) is 4.96 Å². The smallest absolute Gasteiger partial charge is 0.271 e. The fourth-order valence-electron chi connectivity index (χ4n) is 3.16. The highest BCUT2D eigenvalue weighted by Gasteiger charge is 2.23. The summed E-state index contributed by atoms with van der Waals surface area (Å²) in [6.07, 6.45) is 4.33. The van der Waals surface area contributed by atoms with Gasteiger partial charge >= 0.3 is 0 Å². The number of nitrogens with zero attached hydrogens (tertiary/aromatic N) is 2. The Bertz CT molecular complexity index is 975. The van der Waals surface area contributed by atoms with Gasteiger partial charge in [-0.15, -0.1) is 11.3 Å².